The topological polar surface area (TPSA) is 43.7 Å². The van der Waals surface area contributed by atoms with E-state index in [4.69, 9.17) is 16.7 Å². The van der Waals surface area contributed by atoms with E-state index in [1.54, 1.807) is 6.92 Å². The highest BCUT2D eigenvalue weighted by Crippen LogP contribution is 2.31. The van der Waals surface area contributed by atoms with Crippen molar-refractivity contribution < 1.29 is 10.2 Å². The summed E-state index contributed by atoms with van der Waals surface area (Å²) in [7, 11) is 0. The quantitative estimate of drug-likeness (QED) is 0.887. The molecule has 1 heterocycles. The molecule has 1 aromatic rings. The molecule has 2 N–H and O–H groups in total. The van der Waals surface area contributed by atoms with E-state index in [2.05, 4.69) is 4.90 Å². The van der Waals surface area contributed by atoms with Crippen LogP contribution in [-0.2, 0) is 0 Å². The number of halogens is 1. The number of anilines is 1. The molecular weight excluding hydrogens is 250 g/mol. The van der Waals surface area contributed by atoms with E-state index in [0.29, 0.717) is 10.9 Å². The van der Waals surface area contributed by atoms with Gasteiger partial charge in [0.15, 0.2) is 0 Å². The smallest absolute Gasteiger partial charge is 0.0762 e. The molecule has 1 aromatic carbocycles. The molecule has 0 bridgehead atoms. The fraction of sp³-hybridized carbons (Fsp3) is 0.571. The number of aliphatic hydroxyl groups excluding tert-OH is 2. The second kappa shape index (κ2) is 5.91. The van der Waals surface area contributed by atoms with Crippen molar-refractivity contribution in [3.05, 3.63) is 28.8 Å². The summed E-state index contributed by atoms with van der Waals surface area (Å²) in [4.78, 5) is 2.25. The van der Waals surface area contributed by atoms with Gasteiger partial charge in [0.25, 0.3) is 0 Å². The van der Waals surface area contributed by atoms with E-state index in [-0.39, 0.29) is 6.61 Å². The Morgan fingerprint density at radius 2 is 2.06 bits per heavy atom. The molecule has 1 saturated heterocycles. The molecule has 0 aromatic heterocycles. The van der Waals surface area contributed by atoms with E-state index in [9.17, 15) is 5.11 Å². The second-order valence-corrected chi connectivity index (χ2v) is 5.41. The maximum absolute atomic E-state index is 9.52. The van der Waals surface area contributed by atoms with Crippen molar-refractivity contribution in [1.29, 1.82) is 0 Å². The molecule has 100 valence electrons. The summed E-state index contributed by atoms with van der Waals surface area (Å²) >= 11 is 6.27. The molecule has 1 atom stereocenters. The molecule has 1 aliphatic rings. The summed E-state index contributed by atoms with van der Waals surface area (Å²) in [6.45, 7) is 3.87. The van der Waals surface area contributed by atoms with E-state index < -0.39 is 6.10 Å². The number of hydrogen-bond donors (Lipinski definition) is 2. The number of piperidine rings is 1. The third kappa shape index (κ3) is 2.97. The summed E-state index contributed by atoms with van der Waals surface area (Å²) in [6.07, 6.45) is 1.52. The zero-order chi connectivity index (χ0) is 13.1. The molecule has 0 aliphatic carbocycles. The maximum Gasteiger partial charge on any atom is 0.0762 e. The molecule has 18 heavy (non-hydrogen) atoms. The van der Waals surface area contributed by atoms with Crippen molar-refractivity contribution >= 4 is 17.3 Å². The third-order valence-corrected chi connectivity index (χ3v) is 3.97. The minimum atomic E-state index is -0.489. The van der Waals surface area contributed by atoms with Crippen LogP contribution in [0.5, 0.6) is 0 Å². The summed E-state index contributed by atoms with van der Waals surface area (Å²) in [6, 6.07) is 5.73. The van der Waals surface area contributed by atoms with Crippen LogP contribution in [0.2, 0.25) is 5.02 Å². The Balaban J connectivity index is 2.10. The van der Waals surface area contributed by atoms with E-state index in [1.807, 2.05) is 18.2 Å². The number of hydrogen-bond acceptors (Lipinski definition) is 3. The molecule has 1 fully saturated rings. The van der Waals surface area contributed by atoms with Gasteiger partial charge in [0.1, 0.15) is 0 Å². The van der Waals surface area contributed by atoms with Crippen LogP contribution >= 0.6 is 11.6 Å². The van der Waals surface area contributed by atoms with Crippen LogP contribution in [-0.4, -0.2) is 29.9 Å². The Hall–Kier alpha value is -0.770. The molecular formula is C14H20ClNO2. The van der Waals surface area contributed by atoms with Crippen molar-refractivity contribution in [2.24, 2.45) is 5.92 Å². The van der Waals surface area contributed by atoms with Gasteiger partial charge < -0.3 is 15.1 Å². The predicted molar refractivity (Wildman–Crippen MR) is 74.1 cm³/mol. The van der Waals surface area contributed by atoms with Gasteiger partial charge in [-0.1, -0.05) is 17.7 Å². The number of rotatable bonds is 3. The van der Waals surface area contributed by atoms with Crippen molar-refractivity contribution in [1.82, 2.24) is 0 Å². The number of benzene rings is 1. The maximum atomic E-state index is 9.52. The molecule has 2 rings (SSSR count). The van der Waals surface area contributed by atoms with Crippen LogP contribution in [0.3, 0.4) is 0 Å². The first-order valence-electron chi connectivity index (χ1n) is 6.45. The largest absolute Gasteiger partial charge is 0.396 e. The van der Waals surface area contributed by atoms with Gasteiger partial charge in [-0.2, -0.15) is 0 Å². The van der Waals surface area contributed by atoms with Crippen LogP contribution in [0, 0.1) is 5.92 Å². The molecule has 0 amide bonds. The Morgan fingerprint density at radius 1 is 1.39 bits per heavy atom. The summed E-state index contributed by atoms with van der Waals surface area (Å²) in [5.74, 6) is 0.428. The molecule has 4 heteroatoms. The van der Waals surface area contributed by atoms with Gasteiger partial charge in [-0.15, -0.1) is 0 Å². The fourth-order valence-electron chi connectivity index (χ4n) is 2.40. The zero-order valence-corrected chi connectivity index (χ0v) is 11.4. The average molecular weight is 270 g/mol. The lowest BCUT2D eigenvalue weighted by atomic mass is 9.97. The van der Waals surface area contributed by atoms with Gasteiger partial charge in [0.05, 0.1) is 16.8 Å². The lowest BCUT2D eigenvalue weighted by molar-refractivity contribution is 0.199. The number of nitrogens with zero attached hydrogens (tertiary/aromatic N) is 1. The Labute approximate surface area is 113 Å². The van der Waals surface area contributed by atoms with Gasteiger partial charge >= 0.3 is 0 Å². The first kappa shape index (κ1) is 13.7. The van der Waals surface area contributed by atoms with Crippen LogP contribution in [0.4, 0.5) is 5.69 Å². The lowest BCUT2D eigenvalue weighted by Crippen LogP contribution is -2.34. The third-order valence-electron chi connectivity index (χ3n) is 3.67. The van der Waals surface area contributed by atoms with Crippen molar-refractivity contribution in [3.63, 3.8) is 0 Å². The number of aliphatic hydroxyl groups is 2. The molecule has 0 unspecified atom stereocenters. The van der Waals surface area contributed by atoms with E-state index >= 15 is 0 Å². The van der Waals surface area contributed by atoms with Gasteiger partial charge in [0, 0.05) is 19.7 Å². The van der Waals surface area contributed by atoms with Crippen molar-refractivity contribution in [2.75, 3.05) is 24.6 Å². The van der Waals surface area contributed by atoms with Gasteiger partial charge in [0.2, 0.25) is 0 Å². The highest BCUT2D eigenvalue weighted by molar-refractivity contribution is 6.33. The van der Waals surface area contributed by atoms with Crippen LogP contribution in [0.25, 0.3) is 0 Å². The summed E-state index contributed by atoms with van der Waals surface area (Å²) in [5.41, 5.74) is 1.87. The van der Waals surface area contributed by atoms with E-state index in [1.165, 1.54) is 0 Å². The molecule has 0 saturated carbocycles. The van der Waals surface area contributed by atoms with Crippen molar-refractivity contribution in [2.45, 2.75) is 25.9 Å². The summed E-state index contributed by atoms with van der Waals surface area (Å²) in [5, 5.41) is 19.3. The molecule has 0 radical (unpaired) electrons. The molecule has 3 nitrogen and oxygen atoms in total. The van der Waals surface area contributed by atoms with Gasteiger partial charge in [-0.3, -0.25) is 0 Å². The summed E-state index contributed by atoms with van der Waals surface area (Å²) < 4.78 is 0. The van der Waals surface area contributed by atoms with Crippen LogP contribution in [0.1, 0.15) is 31.4 Å². The minimum absolute atomic E-state index is 0.280. The second-order valence-electron chi connectivity index (χ2n) is 5.00. The van der Waals surface area contributed by atoms with E-state index in [0.717, 1.165) is 37.2 Å². The minimum Gasteiger partial charge on any atom is -0.396 e. The molecule has 1 aliphatic heterocycles. The normalized spacial score (nSPS) is 19.0. The zero-order valence-electron chi connectivity index (χ0n) is 10.6. The average Bonchev–Trinajstić information content (AvgIpc) is 2.38. The standard InChI is InChI=1S/C14H20ClNO2/c1-10(18)12-2-3-14(13(15)8-12)16-6-4-11(9-17)5-7-16/h2-3,8,10-11,17-18H,4-7,9H2,1H3/t10-/m0/s1. The molecule has 0 spiro atoms. The van der Waals surface area contributed by atoms with Gasteiger partial charge in [-0.25, -0.2) is 0 Å². The fourth-order valence-corrected chi connectivity index (χ4v) is 2.70. The first-order chi connectivity index (χ1) is 8.61. The van der Waals surface area contributed by atoms with Crippen LogP contribution in [0.15, 0.2) is 18.2 Å². The van der Waals surface area contributed by atoms with Gasteiger partial charge in [-0.05, 0) is 43.4 Å². The highest BCUT2D eigenvalue weighted by Gasteiger charge is 2.20. The SMILES string of the molecule is C[C@H](O)c1ccc(N2CCC(CO)CC2)c(Cl)c1. The Morgan fingerprint density at radius 3 is 2.56 bits per heavy atom. The Kier molecular flexibility index (Phi) is 4.49. The Bertz CT molecular complexity index is 401. The van der Waals surface area contributed by atoms with Crippen LogP contribution < -0.4 is 4.90 Å². The van der Waals surface area contributed by atoms with Crippen molar-refractivity contribution in [3.8, 4) is 0 Å². The lowest BCUT2D eigenvalue weighted by Gasteiger charge is -2.33. The monoisotopic (exact) mass is 269 g/mol. The first-order valence-corrected chi connectivity index (χ1v) is 6.83. The predicted octanol–water partition coefficient (Wildman–Crippen LogP) is 2.60. The highest BCUT2D eigenvalue weighted by atomic mass is 35.5.